The van der Waals surface area contributed by atoms with Crippen LogP contribution in [0.5, 0.6) is 11.5 Å². The lowest BCUT2D eigenvalue weighted by Gasteiger charge is -2.29. The van der Waals surface area contributed by atoms with Gasteiger partial charge in [-0.2, -0.15) is 0 Å². The van der Waals surface area contributed by atoms with Gasteiger partial charge in [0, 0.05) is 11.8 Å². The highest BCUT2D eigenvalue weighted by atomic mass is 80.0. The molecule has 0 saturated heterocycles. The van der Waals surface area contributed by atoms with Crippen LogP contribution in [0.3, 0.4) is 0 Å². The van der Waals surface area contributed by atoms with Crippen molar-refractivity contribution in [3.63, 3.8) is 0 Å². The molecule has 1 N–H and O–H groups in total. The highest BCUT2D eigenvalue weighted by molar-refractivity contribution is 9.10. The van der Waals surface area contributed by atoms with Gasteiger partial charge in [-0.1, -0.05) is 0 Å². The molecule has 0 unspecified atom stereocenters. The first-order chi connectivity index (χ1) is 11.4. The van der Waals surface area contributed by atoms with Gasteiger partial charge in [0.05, 0.1) is 22.9 Å². The summed E-state index contributed by atoms with van der Waals surface area (Å²) >= 11 is -0.431. The minimum Gasteiger partial charge on any atom is -0.507 e. The first-order valence-corrected chi connectivity index (χ1v) is 9.24. The molecule has 1 aromatic carbocycles. The minimum absolute atomic E-state index is 0.105. The number of rotatable bonds is 1. The molecule has 0 aliphatic carbocycles. The molecule has 2 aromatic rings. The Morgan fingerprint density at radius 2 is 2.04 bits per heavy atom. The SMILES string of the molecule is O=C(c1ccc(O)c(Br)c1)N1CCOc2cnccc21.[O-][Br+2]([O-])[O-]. The van der Waals surface area contributed by atoms with E-state index in [9.17, 15) is 9.90 Å². The number of phenolic OH excluding ortho intramolecular Hbond substituents is 1. The number of phenols is 1. The van der Waals surface area contributed by atoms with Crippen LogP contribution in [-0.2, 0) is 0 Å². The van der Waals surface area contributed by atoms with E-state index in [0.29, 0.717) is 34.6 Å². The van der Waals surface area contributed by atoms with Gasteiger partial charge in [-0.25, -0.2) is 0 Å². The van der Waals surface area contributed by atoms with E-state index >= 15 is 0 Å². The van der Waals surface area contributed by atoms with E-state index in [1.807, 2.05) is 0 Å². The molecule has 0 saturated carbocycles. The molecule has 10 heteroatoms. The fraction of sp³-hybridized carbons (Fsp3) is 0.143. The second-order valence-electron chi connectivity index (χ2n) is 4.50. The predicted molar refractivity (Wildman–Crippen MR) is 77.2 cm³/mol. The summed E-state index contributed by atoms with van der Waals surface area (Å²) < 4.78 is 31.5. The monoisotopic (exact) mass is 461 g/mol. The summed E-state index contributed by atoms with van der Waals surface area (Å²) in [6.07, 6.45) is 3.22. The molecule has 3 rings (SSSR count). The smallest absolute Gasteiger partial charge is 0.258 e. The number of aromatic hydroxyl groups is 1. The van der Waals surface area contributed by atoms with Crippen LogP contribution in [0.1, 0.15) is 10.4 Å². The molecule has 24 heavy (non-hydrogen) atoms. The molecule has 1 amide bonds. The van der Waals surface area contributed by atoms with E-state index in [2.05, 4.69) is 20.9 Å². The van der Waals surface area contributed by atoms with Gasteiger partial charge in [0.15, 0.2) is 5.75 Å². The minimum atomic E-state index is -3.65. The zero-order chi connectivity index (χ0) is 17.7. The lowest BCUT2D eigenvalue weighted by atomic mass is 10.1. The number of nitrogens with zero attached hydrogens (tertiary/aromatic N) is 2. The lowest BCUT2D eigenvalue weighted by molar-refractivity contribution is -1.73. The second kappa shape index (κ2) is 8.40. The maximum absolute atomic E-state index is 12.6. The van der Waals surface area contributed by atoms with Crippen LogP contribution in [0, 0.1) is 14.8 Å². The number of anilines is 1. The van der Waals surface area contributed by atoms with Gasteiger partial charge < -0.3 is 27.3 Å². The molecular formula is C14H11Br2N2O6-. The van der Waals surface area contributed by atoms with E-state index in [4.69, 9.17) is 17.3 Å². The molecule has 0 atom stereocenters. The highest BCUT2D eigenvalue weighted by Crippen LogP contribution is 2.32. The van der Waals surface area contributed by atoms with Crippen molar-refractivity contribution in [2.24, 2.45) is 0 Å². The molecule has 0 spiro atoms. The van der Waals surface area contributed by atoms with Crippen molar-refractivity contribution in [2.75, 3.05) is 18.1 Å². The van der Waals surface area contributed by atoms with Crippen LogP contribution in [0.15, 0.2) is 41.1 Å². The van der Waals surface area contributed by atoms with Crippen molar-refractivity contribution < 1.29 is 42.0 Å². The Morgan fingerprint density at radius 3 is 2.71 bits per heavy atom. The van der Waals surface area contributed by atoms with Crippen molar-refractivity contribution in [1.82, 2.24) is 4.98 Å². The Hall–Kier alpha value is -1.72. The zero-order valence-corrected chi connectivity index (χ0v) is 15.2. The summed E-state index contributed by atoms with van der Waals surface area (Å²) in [7, 11) is 0. The van der Waals surface area contributed by atoms with Crippen molar-refractivity contribution in [1.29, 1.82) is 0 Å². The number of halogens is 2. The highest BCUT2D eigenvalue weighted by Gasteiger charge is 2.25. The van der Waals surface area contributed by atoms with Gasteiger partial charge in [0.2, 0.25) is 14.8 Å². The molecule has 1 aromatic heterocycles. The van der Waals surface area contributed by atoms with Crippen LogP contribution in [-0.4, -0.2) is 29.1 Å². The van der Waals surface area contributed by atoms with Crippen LogP contribution in [0.25, 0.3) is 0 Å². The normalized spacial score (nSPS) is 12.8. The number of hydrogen-bond acceptors (Lipinski definition) is 7. The number of benzene rings is 1. The van der Waals surface area contributed by atoms with Crippen LogP contribution < -0.4 is 22.2 Å². The van der Waals surface area contributed by atoms with E-state index in [0.717, 1.165) is 0 Å². The quantitative estimate of drug-likeness (QED) is 0.576. The van der Waals surface area contributed by atoms with Gasteiger partial charge in [0.25, 0.3) is 5.91 Å². The third-order valence-electron chi connectivity index (χ3n) is 3.07. The van der Waals surface area contributed by atoms with Gasteiger partial charge in [-0.05, 0) is 40.2 Å². The third-order valence-corrected chi connectivity index (χ3v) is 3.70. The molecule has 128 valence electrons. The van der Waals surface area contributed by atoms with E-state index in [-0.39, 0.29) is 11.7 Å². The van der Waals surface area contributed by atoms with Crippen molar-refractivity contribution in [3.8, 4) is 11.5 Å². The first-order valence-electron chi connectivity index (χ1n) is 6.50. The topological polar surface area (TPSA) is 132 Å². The molecular weight excluding hydrogens is 452 g/mol. The Labute approximate surface area is 150 Å². The summed E-state index contributed by atoms with van der Waals surface area (Å²) in [5, 5.41) is 9.49. The van der Waals surface area contributed by atoms with Gasteiger partial charge in [0.1, 0.15) is 12.4 Å². The van der Waals surface area contributed by atoms with Gasteiger partial charge in [-0.15, -0.1) is 0 Å². The van der Waals surface area contributed by atoms with E-state index < -0.39 is 14.8 Å². The zero-order valence-electron chi connectivity index (χ0n) is 12.0. The van der Waals surface area contributed by atoms with Gasteiger partial charge in [-0.3, -0.25) is 9.78 Å². The molecule has 2 heterocycles. The van der Waals surface area contributed by atoms with Crippen molar-refractivity contribution in [2.45, 2.75) is 0 Å². The summed E-state index contributed by atoms with van der Waals surface area (Å²) in [5.41, 5.74) is 1.21. The molecule has 1 aliphatic heterocycles. The van der Waals surface area contributed by atoms with Gasteiger partial charge >= 0.3 is 0 Å². The Balaban J connectivity index is 0.000000471. The summed E-state index contributed by atoms with van der Waals surface area (Å²) in [6, 6.07) is 6.44. The summed E-state index contributed by atoms with van der Waals surface area (Å²) in [4.78, 5) is 18.2. The van der Waals surface area contributed by atoms with Crippen LogP contribution in [0.2, 0.25) is 0 Å². The largest absolute Gasteiger partial charge is 0.507 e. The predicted octanol–water partition coefficient (Wildman–Crippen LogP) is -0.978. The fourth-order valence-corrected chi connectivity index (χ4v) is 2.46. The number of amides is 1. The maximum Gasteiger partial charge on any atom is 0.258 e. The summed E-state index contributed by atoms with van der Waals surface area (Å²) in [6.45, 7) is 0.915. The molecule has 8 nitrogen and oxygen atoms in total. The average molecular weight is 463 g/mol. The van der Waals surface area contributed by atoms with Crippen molar-refractivity contribution >= 4 is 27.5 Å². The number of carbonyl (C=O) groups excluding carboxylic acids is 1. The molecule has 1 aliphatic rings. The van der Waals surface area contributed by atoms with Crippen molar-refractivity contribution in [3.05, 3.63) is 46.7 Å². The fourth-order valence-electron chi connectivity index (χ4n) is 2.08. The number of carbonyl (C=O) groups is 1. The Morgan fingerprint density at radius 1 is 1.33 bits per heavy atom. The molecule has 0 fully saturated rings. The van der Waals surface area contributed by atoms with E-state index in [1.54, 1.807) is 35.5 Å². The third kappa shape index (κ3) is 4.65. The van der Waals surface area contributed by atoms with E-state index in [1.165, 1.54) is 6.07 Å². The summed E-state index contributed by atoms with van der Waals surface area (Å²) in [5.74, 6) is 0.569. The number of fused-ring (bicyclic) bond motifs is 1. The number of pyridine rings is 1. The number of ether oxygens (including phenoxy) is 1. The lowest BCUT2D eigenvalue weighted by Crippen LogP contribution is -2.42. The Bertz CT molecular complexity index is 725. The number of hydrogen-bond donors (Lipinski definition) is 1. The number of aromatic nitrogens is 1. The molecule has 0 radical (unpaired) electrons. The standard InChI is InChI=1S/C14H11BrN2O3.BrO3/c15-10-7-9(1-2-12(10)18)14(19)17-5-6-20-13-8-16-4-3-11(13)17;2-1(3)4/h1-4,7-8,18H,5-6H2;/q;-1. The second-order valence-corrected chi connectivity index (χ2v) is 6.15. The first kappa shape index (κ1) is 18.6. The molecule has 0 bridgehead atoms. The maximum atomic E-state index is 12.6. The average Bonchev–Trinajstić information content (AvgIpc) is 2.56. The Kier molecular flexibility index (Phi) is 6.52. The van der Waals surface area contributed by atoms with Crippen LogP contribution in [0.4, 0.5) is 5.69 Å². The van der Waals surface area contributed by atoms with Crippen LogP contribution >= 0.6 is 15.9 Å².